The van der Waals surface area contributed by atoms with Crippen LogP contribution in [0.1, 0.15) is 23.5 Å². The Hall–Kier alpha value is -2.36. The molecule has 0 fully saturated rings. The lowest BCUT2D eigenvalue weighted by molar-refractivity contribution is 0.381. The molecule has 0 amide bonds. The van der Waals surface area contributed by atoms with Crippen LogP contribution in [0, 0.1) is 13.3 Å². The number of hydrogen-bond acceptors (Lipinski definition) is 4. The van der Waals surface area contributed by atoms with Crippen LogP contribution in [0.15, 0.2) is 36.4 Å². The predicted octanol–water partition coefficient (Wildman–Crippen LogP) is 4.28. The normalized spacial score (nSPS) is 11.7. The van der Waals surface area contributed by atoms with Gasteiger partial charge in [-0.3, -0.25) is 0 Å². The molecule has 24 heavy (non-hydrogen) atoms. The molecule has 0 N–H and O–H groups in total. The molecule has 2 aromatic rings. The molecular weight excluding hydrogens is 304 g/mol. The highest BCUT2D eigenvalue weighted by Gasteiger charge is 2.19. The van der Waals surface area contributed by atoms with E-state index in [4.69, 9.17) is 18.9 Å². The van der Waals surface area contributed by atoms with Crippen LogP contribution in [-0.2, 0) is 0 Å². The highest BCUT2D eigenvalue weighted by atomic mass is 16.5. The molecule has 0 saturated heterocycles. The molecule has 4 heteroatoms. The predicted molar refractivity (Wildman–Crippen MR) is 95.2 cm³/mol. The molecule has 0 aliphatic heterocycles. The second kappa shape index (κ2) is 8.48. The van der Waals surface area contributed by atoms with Crippen molar-refractivity contribution in [3.05, 3.63) is 60.9 Å². The molecule has 0 spiro atoms. The van der Waals surface area contributed by atoms with Crippen molar-refractivity contribution in [1.29, 1.82) is 0 Å². The van der Waals surface area contributed by atoms with Crippen LogP contribution >= 0.6 is 0 Å². The summed E-state index contributed by atoms with van der Waals surface area (Å²) in [5, 5.41) is 0. The Morgan fingerprint density at radius 3 is 1.62 bits per heavy atom. The third-order valence-electron chi connectivity index (χ3n) is 3.95. The molecule has 128 valence electrons. The minimum absolute atomic E-state index is 0.0364. The van der Waals surface area contributed by atoms with Crippen molar-refractivity contribution in [2.75, 3.05) is 28.4 Å². The molecule has 1 atom stereocenters. The van der Waals surface area contributed by atoms with Crippen LogP contribution in [0.25, 0.3) is 0 Å². The van der Waals surface area contributed by atoms with E-state index in [1.165, 1.54) is 0 Å². The SMILES string of the molecule is [CH2]C(C[CH]c1c(OC)cccc1OC)c1c(OC)cccc1OC. The van der Waals surface area contributed by atoms with Gasteiger partial charge in [0.1, 0.15) is 23.0 Å². The Labute approximate surface area is 144 Å². The number of ether oxygens (including phenoxy) is 4. The van der Waals surface area contributed by atoms with Gasteiger partial charge in [0, 0.05) is 11.1 Å². The topological polar surface area (TPSA) is 36.9 Å². The van der Waals surface area contributed by atoms with Crippen LogP contribution < -0.4 is 18.9 Å². The van der Waals surface area contributed by atoms with Crippen LogP contribution in [-0.4, -0.2) is 28.4 Å². The first-order chi connectivity index (χ1) is 11.7. The van der Waals surface area contributed by atoms with Crippen molar-refractivity contribution in [1.82, 2.24) is 0 Å². The summed E-state index contributed by atoms with van der Waals surface area (Å²) < 4.78 is 21.8. The zero-order valence-electron chi connectivity index (χ0n) is 14.7. The van der Waals surface area contributed by atoms with E-state index in [1.807, 2.05) is 36.4 Å². The van der Waals surface area contributed by atoms with Gasteiger partial charge in [0.2, 0.25) is 0 Å². The summed E-state index contributed by atoms with van der Waals surface area (Å²) in [6.07, 6.45) is 2.76. The maximum absolute atomic E-state index is 5.47. The summed E-state index contributed by atoms with van der Waals surface area (Å²) in [7, 11) is 6.60. The molecule has 2 radical (unpaired) electrons. The average Bonchev–Trinajstić information content (AvgIpc) is 2.64. The van der Waals surface area contributed by atoms with Gasteiger partial charge in [0.15, 0.2) is 0 Å². The van der Waals surface area contributed by atoms with E-state index in [0.29, 0.717) is 6.42 Å². The van der Waals surface area contributed by atoms with Gasteiger partial charge in [-0.05, 0) is 49.9 Å². The second-order valence-corrected chi connectivity index (χ2v) is 5.29. The highest BCUT2D eigenvalue weighted by Crippen LogP contribution is 2.39. The molecule has 0 heterocycles. The van der Waals surface area contributed by atoms with Crippen molar-refractivity contribution < 1.29 is 18.9 Å². The zero-order chi connectivity index (χ0) is 17.5. The Kier molecular flexibility index (Phi) is 6.36. The summed E-state index contributed by atoms with van der Waals surface area (Å²) in [4.78, 5) is 0. The molecule has 0 bridgehead atoms. The quantitative estimate of drug-likeness (QED) is 0.725. The Bertz CT molecular complexity index is 622. The smallest absolute Gasteiger partial charge is 0.126 e. The van der Waals surface area contributed by atoms with Gasteiger partial charge < -0.3 is 18.9 Å². The first kappa shape index (κ1) is 18.0. The lowest BCUT2D eigenvalue weighted by atomic mass is 9.92. The van der Waals surface area contributed by atoms with Crippen LogP contribution in [0.5, 0.6) is 23.0 Å². The average molecular weight is 328 g/mol. The number of methoxy groups -OCH3 is 4. The number of benzene rings is 2. The molecule has 4 nitrogen and oxygen atoms in total. The molecule has 1 unspecified atom stereocenters. The molecule has 0 aliphatic rings. The van der Waals surface area contributed by atoms with Gasteiger partial charge in [-0.15, -0.1) is 0 Å². The lowest BCUT2D eigenvalue weighted by Crippen LogP contribution is -2.03. The Morgan fingerprint density at radius 1 is 0.792 bits per heavy atom. The molecule has 0 saturated carbocycles. The lowest BCUT2D eigenvalue weighted by Gasteiger charge is -2.20. The van der Waals surface area contributed by atoms with Gasteiger partial charge >= 0.3 is 0 Å². The minimum atomic E-state index is -0.0364. The fourth-order valence-electron chi connectivity index (χ4n) is 2.74. The Morgan fingerprint density at radius 2 is 1.21 bits per heavy atom. The summed E-state index contributed by atoms with van der Waals surface area (Å²) in [6.45, 7) is 4.28. The van der Waals surface area contributed by atoms with E-state index in [-0.39, 0.29) is 5.92 Å². The first-order valence-electron chi connectivity index (χ1n) is 7.74. The van der Waals surface area contributed by atoms with Crippen molar-refractivity contribution in [2.24, 2.45) is 0 Å². The van der Waals surface area contributed by atoms with Crippen molar-refractivity contribution >= 4 is 0 Å². The van der Waals surface area contributed by atoms with E-state index in [0.717, 1.165) is 34.1 Å². The zero-order valence-corrected chi connectivity index (χ0v) is 14.7. The van der Waals surface area contributed by atoms with Crippen LogP contribution in [0.3, 0.4) is 0 Å². The fourth-order valence-corrected chi connectivity index (χ4v) is 2.74. The maximum atomic E-state index is 5.47. The first-order valence-corrected chi connectivity index (χ1v) is 7.74. The minimum Gasteiger partial charge on any atom is -0.496 e. The second-order valence-electron chi connectivity index (χ2n) is 5.29. The maximum Gasteiger partial charge on any atom is 0.126 e. The summed E-state index contributed by atoms with van der Waals surface area (Å²) in [5.41, 5.74) is 1.87. The van der Waals surface area contributed by atoms with Crippen molar-refractivity contribution in [3.63, 3.8) is 0 Å². The van der Waals surface area contributed by atoms with Crippen LogP contribution in [0.4, 0.5) is 0 Å². The molecule has 2 aromatic carbocycles. The summed E-state index contributed by atoms with van der Waals surface area (Å²) in [6, 6.07) is 11.5. The third-order valence-corrected chi connectivity index (χ3v) is 3.95. The van der Waals surface area contributed by atoms with Gasteiger partial charge in [0.25, 0.3) is 0 Å². The number of hydrogen-bond donors (Lipinski definition) is 0. The fraction of sp³-hybridized carbons (Fsp3) is 0.300. The molecule has 0 aromatic heterocycles. The van der Waals surface area contributed by atoms with E-state index >= 15 is 0 Å². The monoisotopic (exact) mass is 328 g/mol. The number of rotatable bonds is 8. The van der Waals surface area contributed by atoms with E-state index in [9.17, 15) is 0 Å². The molecular formula is C20H24O4. The van der Waals surface area contributed by atoms with E-state index in [1.54, 1.807) is 28.4 Å². The Balaban J connectivity index is 2.25. The van der Waals surface area contributed by atoms with Gasteiger partial charge in [0.05, 0.1) is 28.4 Å². The standard InChI is InChI=1S/C20H24O4/c1-14(20-18(23-4)10-7-11-19(20)24-5)12-13-15-16(21-2)8-6-9-17(15)22-3/h6-11,13-14H,1,12H2,2-5H3. The molecule has 0 aliphatic carbocycles. The van der Waals surface area contributed by atoms with E-state index < -0.39 is 0 Å². The summed E-state index contributed by atoms with van der Waals surface area (Å²) >= 11 is 0. The van der Waals surface area contributed by atoms with Gasteiger partial charge in [-0.2, -0.15) is 0 Å². The van der Waals surface area contributed by atoms with Crippen molar-refractivity contribution in [2.45, 2.75) is 12.3 Å². The largest absolute Gasteiger partial charge is 0.496 e. The van der Waals surface area contributed by atoms with Crippen molar-refractivity contribution in [3.8, 4) is 23.0 Å². The summed E-state index contributed by atoms with van der Waals surface area (Å²) in [5.74, 6) is 3.05. The highest BCUT2D eigenvalue weighted by molar-refractivity contribution is 5.51. The van der Waals surface area contributed by atoms with E-state index in [2.05, 4.69) is 13.3 Å². The third kappa shape index (κ3) is 3.75. The van der Waals surface area contributed by atoms with Gasteiger partial charge in [-0.25, -0.2) is 0 Å². The molecule has 2 rings (SSSR count). The van der Waals surface area contributed by atoms with Crippen LogP contribution in [0.2, 0.25) is 0 Å². The van der Waals surface area contributed by atoms with Gasteiger partial charge in [-0.1, -0.05) is 12.1 Å².